The average molecular weight is 521 g/mol. The van der Waals surface area contributed by atoms with E-state index in [2.05, 4.69) is 51.3 Å². The second kappa shape index (κ2) is 11.1. The molecule has 1 aliphatic heterocycles. The maximum Gasteiger partial charge on any atom is 0.194 e. The largest absolute Gasteiger partial charge is 0.386 e. The van der Waals surface area contributed by atoms with E-state index in [1.807, 2.05) is 18.2 Å². The molecule has 2 N–H and O–H groups in total. The fourth-order valence-corrected chi connectivity index (χ4v) is 4.05. The maximum absolute atomic E-state index is 10.3. The van der Waals surface area contributed by atoms with Crippen LogP contribution in [0.3, 0.4) is 0 Å². The van der Waals surface area contributed by atoms with Crippen molar-refractivity contribution in [1.29, 1.82) is 0 Å². The van der Waals surface area contributed by atoms with Gasteiger partial charge in [0, 0.05) is 43.3 Å². The highest BCUT2D eigenvalue weighted by Gasteiger charge is 2.20. The summed E-state index contributed by atoms with van der Waals surface area (Å²) < 4.78 is 0.687. The van der Waals surface area contributed by atoms with Crippen molar-refractivity contribution in [2.24, 2.45) is 4.99 Å². The number of hydrogen-bond acceptors (Lipinski definition) is 4. The number of aliphatic hydroxyl groups is 1. The summed E-state index contributed by atoms with van der Waals surface area (Å²) in [6, 6.07) is 14.2. The molecule has 2 aromatic rings. The van der Waals surface area contributed by atoms with Gasteiger partial charge in [0.25, 0.3) is 0 Å². The van der Waals surface area contributed by atoms with Crippen LogP contribution in [0.1, 0.15) is 17.9 Å². The lowest BCUT2D eigenvalue weighted by Crippen LogP contribution is -2.52. The van der Waals surface area contributed by atoms with Gasteiger partial charge in [0.2, 0.25) is 0 Å². The molecule has 1 aliphatic rings. The highest BCUT2D eigenvalue weighted by atomic mass is 127. The van der Waals surface area contributed by atoms with Crippen LogP contribution >= 0.6 is 46.9 Å². The van der Waals surface area contributed by atoms with Gasteiger partial charge >= 0.3 is 0 Å². The first-order chi connectivity index (χ1) is 12.7. The number of benzene rings is 1. The van der Waals surface area contributed by atoms with Gasteiger partial charge in [0.05, 0.1) is 10.9 Å². The van der Waals surface area contributed by atoms with Gasteiger partial charge in [0.1, 0.15) is 6.10 Å². The van der Waals surface area contributed by atoms with Crippen molar-refractivity contribution in [2.45, 2.75) is 13.0 Å². The van der Waals surface area contributed by atoms with Gasteiger partial charge in [-0.3, -0.25) is 4.99 Å². The summed E-state index contributed by atoms with van der Waals surface area (Å²) in [5.41, 5.74) is 1.26. The van der Waals surface area contributed by atoms with Gasteiger partial charge in [-0.1, -0.05) is 29.8 Å². The van der Waals surface area contributed by atoms with Crippen LogP contribution in [0, 0.1) is 0 Å². The molecule has 1 atom stereocenters. The number of hydrogen-bond donors (Lipinski definition) is 2. The maximum atomic E-state index is 10.3. The molecular weight excluding hydrogens is 495 g/mol. The number of rotatable bonds is 5. The Hall–Kier alpha value is -1.03. The second-order valence-electron chi connectivity index (χ2n) is 6.16. The van der Waals surface area contributed by atoms with Crippen LogP contribution in [0.2, 0.25) is 4.34 Å². The summed E-state index contributed by atoms with van der Waals surface area (Å²) in [5.74, 6) is 0.863. The number of nitrogens with one attached hydrogen (secondary N) is 1. The van der Waals surface area contributed by atoms with Crippen LogP contribution in [-0.4, -0.2) is 55.2 Å². The minimum Gasteiger partial charge on any atom is -0.386 e. The first-order valence-corrected chi connectivity index (χ1v) is 10.1. The number of aliphatic imine (C=N–C) groups is 1. The van der Waals surface area contributed by atoms with Crippen LogP contribution in [0.25, 0.3) is 0 Å². The lowest BCUT2D eigenvalue weighted by atomic mass is 10.2. The lowest BCUT2D eigenvalue weighted by Gasteiger charge is -2.37. The Kier molecular flexibility index (Phi) is 9.14. The number of nitrogens with zero attached hydrogens (tertiary/aromatic N) is 3. The van der Waals surface area contributed by atoms with Crippen LogP contribution in [0.5, 0.6) is 0 Å². The molecule has 8 heteroatoms. The third kappa shape index (κ3) is 6.23. The molecule has 2 heterocycles. The predicted molar refractivity (Wildman–Crippen MR) is 126 cm³/mol. The molecule has 1 unspecified atom stereocenters. The quantitative estimate of drug-likeness (QED) is 0.357. The van der Waals surface area contributed by atoms with Gasteiger partial charge in [-0.15, -0.1) is 35.3 Å². The third-order valence-electron chi connectivity index (χ3n) is 4.37. The first kappa shape index (κ1) is 22.3. The van der Waals surface area contributed by atoms with Gasteiger partial charge in [0.15, 0.2) is 5.96 Å². The molecule has 0 amide bonds. The number of para-hydroxylation sites is 1. The van der Waals surface area contributed by atoms with E-state index >= 15 is 0 Å². The summed E-state index contributed by atoms with van der Waals surface area (Å²) in [4.78, 5) is 10.1. The average Bonchev–Trinajstić information content (AvgIpc) is 3.12. The van der Waals surface area contributed by atoms with Crippen molar-refractivity contribution in [3.8, 4) is 0 Å². The Balaban J connectivity index is 0.00000261. The Bertz CT molecular complexity index is 720. The third-order valence-corrected chi connectivity index (χ3v) is 5.70. The standard InChI is InChI=1S/C19H25ClN4OS.HI/c1-2-21-19(22-14-16(25)17-8-9-18(20)26-17)24-12-10-23(11-13-24)15-6-4-3-5-7-15;/h3-9,16,25H,2,10-14H2,1H3,(H,21,22);1H. The van der Waals surface area contributed by atoms with Crippen molar-refractivity contribution >= 4 is 58.6 Å². The number of halogens is 2. The number of thiophene rings is 1. The van der Waals surface area contributed by atoms with E-state index in [1.165, 1.54) is 17.0 Å². The summed E-state index contributed by atoms with van der Waals surface area (Å²) in [7, 11) is 0. The van der Waals surface area contributed by atoms with Crippen LogP contribution < -0.4 is 10.2 Å². The Labute approximate surface area is 187 Å². The van der Waals surface area contributed by atoms with Crippen molar-refractivity contribution in [3.63, 3.8) is 0 Å². The number of anilines is 1. The topological polar surface area (TPSA) is 51.1 Å². The normalized spacial score (nSPS) is 16.0. The van der Waals surface area contributed by atoms with Gasteiger partial charge < -0.3 is 20.2 Å². The van der Waals surface area contributed by atoms with Crippen LogP contribution in [-0.2, 0) is 0 Å². The van der Waals surface area contributed by atoms with Crippen molar-refractivity contribution in [1.82, 2.24) is 10.2 Å². The molecule has 1 saturated heterocycles. The predicted octanol–water partition coefficient (Wildman–Crippen LogP) is 3.84. The van der Waals surface area contributed by atoms with E-state index in [9.17, 15) is 5.11 Å². The fourth-order valence-electron chi connectivity index (χ4n) is 3.01. The zero-order valence-corrected chi connectivity index (χ0v) is 19.2. The molecule has 148 valence electrons. The molecule has 0 spiro atoms. The lowest BCUT2D eigenvalue weighted by molar-refractivity contribution is 0.190. The monoisotopic (exact) mass is 520 g/mol. The molecule has 0 radical (unpaired) electrons. The summed E-state index contributed by atoms with van der Waals surface area (Å²) in [5, 5.41) is 13.7. The minimum absolute atomic E-state index is 0. The fraction of sp³-hybridized carbons (Fsp3) is 0.421. The summed E-state index contributed by atoms with van der Waals surface area (Å²) in [6.07, 6.45) is -0.619. The highest BCUT2D eigenvalue weighted by molar-refractivity contribution is 14.0. The molecule has 3 rings (SSSR count). The van der Waals surface area contributed by atoms with Gasteiger partial charge in [-0.2, -0.15) is 0 Å². The molecule has 1 fully saturated rings. The Morgan fingerprint density at radius 2 is 1.89 bits per heavy atom. The molecule has 1 aromatic heterocycles. The van der Waals surface area contributed by atoms with Gasteiger partial charge in [-0.05, 0) is 31.2 Å². The van der Waals surface area contributed by atoms with Crippen LogP contribution in [0.4, 0.5) is 5.69 Å². The van der Waals surface area contributed by atoms with E-state index in [1.54, 1.807) is 0 Å². The first-order valence-electron chi connectivity index (χ1n) is 8.94. The highest BCUT2D eigenvalue weighted by Crippen LogP contribution is 2.27. The smallest absolute Gasteiger partial charge is 0.194 e. The van der Waals surface area contributed by atoms with E-state index in [-0.39, 0.29) is 24.0 Å². The van der Waals surface area contributed by atoms with Gasteiger partial charge in [-0.25, -0.2) is 0 Å². The number of piperazine rings is 1. The molecular formula is C19H26ClIN4OS. The van der Waals surface area contributed by atoms with E-state index in [0.29, 0.717) is 10.9 Å². The van der Waals surface area contributed by atoms with Crippen LogP contribution in [0.15, 0.2) is 47.5 Å². The molecule has 0 bridgehead atoms. The number of aliphatic hydroxyl groups excluding tert-OH is 1. The zero-order chi connectivity index (χ0) is 18.4. The van der Waals surface area contributed by atoms with E-state index < -0.39 is 6.10 Å². The zero-order valence-electron chi connectivity index (χ0n) is 15.3. The molecule has 5 nitrogen and oxygen atoms in total. The molecule has 1 aromatic carbocycles. The minimum atomic E-state index is -0.619. The number of guanidine groups is 1. The van der Waals surface area contributed by atoms with E-state index in [4.69, 9.17) is 11.6 Å². The molecule has 0 aliphatic carbocycles. The SMILES string of the molecule is CCNC(=NCC(O)c1ccc(Cl)s1)N1CCN(c2ccccc2)CC1.I. The molecule has 27 heavy (non-hydrogen) atoms. The van der Waals surface area contributed by atoms with Crippen molar-refractivity contribution in [2.75, 3.05) is 44.2 Å². The van der Waals surface area contributed by atoms with Crippen molar-refractivity contribution in [3.05, 3.63) is 51.7 Å². The Morgan fingerprint density at radius 1 is 1.19 bits per heavy atom. The molecule has 0 saturated carbocycles. The van der Waals surface area contributed by atoms with E-state index in [0.717, 1.165) is 43.6 Å². The summed E-state index contributed by atoms with van der Waals surface area (Å²) in [6.45, 7) is 6.92. The second-order valence-corrected chi connectivity index (χ2v) is 7.91. The Morgan fingerprint density at radius 3 is 2.48 bits per heavy atom. The van der Waals surface area contributed by atoms with Crippen molar-refractivity contribution < 1.29 is 5.11 Å². The summed E-state index contributed by atoms with van der Waals surface area (Å²) >= 11 is 7.35.